The van der Waals surface area contributed by atoms with Crippen LogP contribution in [0.25, 0.3) is 0 Å². The smallest absolute Gasteiger partial charge is 0.319 e. The highest BCUT2D eigenvalue weighted by Crippen LogP contribution is 2.16. The number of hydrogen-bond donors (Lipinski definition) is 0. The fourth-order valence-electron chi connectivity index (χ4n) is 2.92. The summed E-state index contributed by atoms with van der Waals surface area (Å²) in [4.78, 5) is 22.0. The number of nitrogens with zero attached hydrogens (tertiary/aromatic N) is 7. The van der Waals surface area contributed by atoms with Crippen LogP contribution in [-0.2, 0) is 32.6 Å². The predicted octanol–water partition coefficient (Wildman–Crippen LogP) is 0.958. The summed E-state index contributed by atoms with van der Waals surface area (Å²) in [5, 5.41) is 8.63. The lowest BCUT2D eigenvalue weighted by atomic mass is 10.3. The molecule has 0 radical (unpaired) electrons. The molecule has 2 aromatic rings. The summed E-state index contributed by atoms with van der Waals surface area (Å²) in [6.07, 6.45) is 0.743. The number of rotatable bonds is 5. The maximum Gasteiger partial charge on any atom is 0.319 e. The molecule has 0 aromatic carbocycles. The van der Waals surface area contributed by atoms with E-state index in [-0.39, 0.29) is 6.03 Å². The monoisotopic (exact) mass is 347 g/mol. The normalized spacial score (nSPS) is 14.0. The number of carbonyl (C=O) groups excluding carboxylic acids is 1. The Kier molecular flexibility index (Phi) is 5.03. The van der Waals surface area contributed by atoms with Crippen molar-refractivity contribution in [1.82, 2.24) is 34.6 Å². The zero-order valence-corrected chi connectivity index (χ0v) is 15.3. The number of carbonyl (C=O) groups is 1. The van der Waals surface area contributed by atoms with Crippen LogP contribution >= 0.6 is 0 Å². The van der Waals surface area contributed by atoms with Crippen molar-refractivity contribution in [2.75, 3.05) is 27.7 Å². The Hall–Kier alpha value is -2.42. The fraction of sp³-hybridized carbons (Fsp3) is 0.625. The van der Waals surface area contributed by atoms with Crippen molar-refractivity contribution in [3.05, 3.63) is 29.2 Å². The minimum atomic E-state index is 0.0370. The third kappa shape index (κ3) is 3.98. The van der Waals surface area contributed by atoms with Crippen molar-refractivity contribution in [2.24, 2.45) is 0 Å². The first-order chi connectivity index (χ1) is 12.0. The molecule has 136 valence electrons. The van der Waals surface area contributed by atoms with E-state index in [1.807, 2.05) is 23.6 Å². The Morgan fingerprint density at radius 3 is 2.76 bits per heavy atom. The number of fused-ring (bicyclic) bond motifs is 1. The van der Waals surface area contributed by atoms with Gasteiger partial charge < -0.3 is 14.3 Å². The van der Waals surface area contributed by atoms with Gasteiger partial charge in [-0.1, -0.05) is 12.1 Å². The molecule has 0 unspecified atom stereocenters. The van der Waals surface area contributed by atoms with Crippen LogP contribution in [-0.4, -0.2) is 68.3 Å². The summed E-state index contributed by atoms with van der Waals surface area (Å²) < 4.78 is 7.13. The highest BCUT2D eigenvalue weighted by Gasteiger charge is 2.23. The molecule has 3 heterocycles. The minimum absolute atomic E-state index is 0.0370. The summed E-state index contributed by atoms with van der Waals surface area (Å²) in [5.74, 6) is 1.34. The van der Waals surface area contributed by atoms with Crippen LogP contribution in [0.4, 0.5) is 4.79 Å². The molecule has 0 saturated carbocycles. The van der Waals surface area contributed by atoms with E-state index in [2.05, 4.69) is 26.2 Å². The maximum atomic E-state index is 12.1. The Labute approximate surface area is 147 Å². The second-order valence-electron chi connectivity index (χ2n) is 6.58. The van der Waals surface area contributed by atoms with E-state index in [1.54, 1.807) is 19.0 Å². The maximum absolute atomic E-state index is 12.1. The zero-order valence-electron chi connectivity index (χ0n) is 15.3. The highest BCUT2D eigenvalue weighted by molar-refractivity contribution is 5.73. The number of hydrogen-bond acceptors (Lipinski definition) is 6. The Morgan fingerprint density at radius 1 is 1.28 bits per heavy atom. The second kappa shape index (κ2) is 7.22. The van der Waals surface area contributed by atoms with Crippen LogP contribution in [0.1, 0.15) is 30.0 Å². The molecular formula is C16H25N7O2. The molecule has 9 heteroatoms. The standard InChI is InChI=1S/C16H25N7O2/c1-5-15-17-14(19-25-15)11-21(4)9-12-8-13-10-22(16(24)20(2)3)6-7-23(13)18-12/h8H,5-7,9-11H2,1-4H3. The van der Waals surface area contributed by atoms with Gasteiger partial charge in [-0.3, -0.25) is 9.58 Å². The van der Waals surface area contributed by atoms with Crippen LogP contribution in [0.3, 0.4) is 0 Å². The highest BCUT2D eigenvalue weighted by atomic mass is 16.5. The molecule has 3 rings (SSSR count). The molecule has 9 nitrogen and oxygen atoms in total. The lowest BCUT2D eigenvalue weighted by Crippen LogP contribution is -2.43. The van der Waals surface area contributed by atoms with Gasteiger partial charge in [0.2, 0.25) is 5.89 Å². The van der Waals surface area contributed by atoms with Crippen molar-refractivity contribution in [3.8, 4) is 0 Å². The second-order valence-corrected chi connectivity index (χ2v) is 6.58. The van der Waals surface area contributed by atoms with Gasteiger partial charge in [-0.05, 0) is 13.1 Å². The molecule has 25 heavy (non-hydrogen) atoms. The van der Waals surface area contributed by atoms with E-state index in [4.69, 9.17) is 4.52 Å². The molecule has 0 bridgehead atoms. The van der Waals surface area contributed by atoms with Gasteiger partial charge in [0.05, 0.1) is 31.0 Å². The van der Waals surface area contributed by atoms with Gasteiger partial charge in [0.25, 0.3) is 0 Å². The van der Waals surface area contributed by atoms with Crippen LogP contribution in [0.2, 0.25) is 0 Å². The topological polar surface area (TPSA) is 83.5 Å². The summed E-state index contributed by atoms with van der Waals surface area (Å²) in [6.45, 7) is 5.29. The molecule has 0 aliphatic carbocycles. The van der Waals surface area contributed by atoms with Crippen molar-refractivity contribution in [3.63, 3.8) is 0 Å². The van der Waals surface area contributed by atoms with Crippen LogP contribution in [0, 0.1) is 0 Å². The van der Waals surface area contributed by atoms with Gasteiger partial charge in [0.1, 0.15) is 0 Å². The Bertz CT molecular complexity index is 737. The summed E-state index contributed by atoms with van der Waals surface area (Å²) >= 11 is 0. The molecule has 0 atom stereocenters. The third-order valence-corrected chi connectivity index (χ3v) is 4.16. The van der Waals surface area contributed by atoms with Gasteiger partial charge in [-0.25, -0.2) is 4.79 Å². The van der Waals surface area contributed by atoms with Crippen LogP contribution in [0.5, 0.6) is 0 Å². The van der Waals surface area contributed by atoms with Crippen molar-refractivity contribution in [2.45, 2.75) is 39.5 Å². The van der Waals surface area contributed by atoms with E-state index < -0.39 is 0 Å². The minimum Gasteiger partial charge on any atom is -0.339 e. The average Bonchev–Trinajstić information content (AvgIpc) is 3.18. The van der Waals surface area contributed by atoms with Gasteiger partial charge in [-0.2, -0.15) is 10.1 Å². The Morgan fingerprint density at radius 2 is 2.08 bits per heavy atom. The van der Waals surface area contributed by atoms with E-state index in [0.717, 1.165) is 24.4 Å². The lowest BCUT2D eigenvalue weighted by molar-refractivity contribution is 0.155. The van der Waals surface area contributed by atoms with Crippen molar-refractivity contribution >= 4 is 6.03 Å². The van der Waals surface area contributed by atoms with Crippen molar-refractivity contribution < 1.29 is 9.32 Å². The largest absolute Gasteiger partial charge is 0.339 e. The van der Waals surface area contributed by atoms with E-state index in [0.29, 0.717) is 37.9 Å². The number of urea groups is 1. The molecule has 2 aromatic heterocycles. The molecular weight excluding hydrogens is 322 g/mol. The molecule has 0 saturated heterocycles. The lowest BCUT2D eigenvalue weighted by Gasteiger charge is -2.29. The SMILES string of the molecule is CCc1nc(CN(C)Cc2cc3n(n2)CCN(C(=O)N(C)C)C3)no1. The van der Waals surface area contributed by atoms with Gasteiger partial charge >= 0.3 is 6.03 Å². The van der Waals surface area contributed by atoms with E-state index in [9.17, 15) is 4.79 Å². The zero-order chi connectivity index (χ0) is 18.0. The summed E-state index contributed by atoms with van der Waals surface area (Å²) in [7, 11) is 5.55. The van der Waals surface area contributed by atoms with E-state index in [1.165, 1.54) is 0 Å². The van der Waals surface area contributed by atoms with Crippen molar-refractivity contribution in [1.29, 1.82) is 0 Å². The van der Waals surface area contributed by atoms with Crippen LogP contribution < -0.4 is 0 Å². The molecule has 0 N–H and O–H groups in total. The van der Waals surface area contributed by atoms with Crippen LogP contribution in [0.15, 0.2) is 10.6 Å². The fourth-order valence-corrected chi connectivity index (χ4v) is 2.92. The number of aryl methyl sites for hydroxylation is 1. The molecule has 1 aliphatic heterocycles. The number of amides is 2. The molecule has 0 fully saturated rings. The first-order valence-electron chi connectivity index (χ1n) is 8.48. The molecule has 0 spiro atoms. The first-order valence-corrected chi connectivity index (χ1v) is 8.48. The summed E-state index contributed by atoms with van der Waals surface area (Å²) in [5.41, 5.74) is 2.05. The van der Waals surface area contributed by atoms with Gasteiger partial charge in [-0.15, -0.1) is 0 Å². The van der Waals surface area contributed by atoms with Gasteiger partial charge in [0.15, 0.2) is 5.82 Å². The Balaban J connectivity index is 1.60. The first kappa shape index (κ1) is 17.4. The number of aromatic nitrogens is 4. The quantitative estimate of drug-likeness (QED) is 0.801. The average molecular weight is 347 g/mol. The molecule has 1 aliphatic rings. The third-order valence-electron chi connectivity index (χ3n) is 4.16. The predicted molar refractivity (Wildman–Crippen MR) is 90.6 cm³/mol. The van der Waals surface area contributed by atoms with Gasteiger partial charge in [0, 0.05) is 33.6 Å². The summed E-state index contributed by atoms with van der Waals surface area (Å²) in [6, 6.07) is 2.11. The molecule has 2 amide bonds. The van der Waals surface area contributed by atoms with E-state index >= 15 is 0 Å².